The summed E-state index contributed by atoms with van der Waals surface area (Å²) in [5.41, 5.74) is 0. The van der Waals surface area contributed by atoms with E-state index in [2.05, 4.69) is 24.1 Å². The normalized spacial score (nSPS) is 26.2. The first-order valence-electron chi connectivity index (χ1n) is 6.82. The third-order valence-corrected chi connectivity index (χ3v) is 4.04. The highest BCUT2D eigenvalue weighted by Crippen LogP contribution is 2.32. The van der Waals surface area contributed by atoms with Crippen molar-refractivity contribution >= 4 is 0 Å². The molecule has 1 aliphatic carbocycles. The first-order valence-corrected chi connectivity index (χ1v) is 6.82. The van der Waals surface area contributed by atoms with Crippen molar-refractivity contribution < 1.29 is 5.11 Å². The predicted octanol–water partition coefficient (Wildman–Crippen LogP) is 1.22. The SMILES string of the molecule is CC(C)N1CCC(NCC(O)C2CC2)CC1. The van der Waals surface area contributed by atoms with Crippen LogP contribution < -0.4 is 5.32 Å². The molecule has 0 radical (unpaired) electrons. The maximum absolute atomic E-state index is 9.79. The third-order valence-electron chi connectivity index (χ3n) is 4.04. The average Bonchev–Trinajstić information content (AvgIpc) is 3.10. The Labute approximate surface area is 99.2 Å². The van der Waals surface area contributed by atoms with Crippen molar-refractivity contribution in [1.82, 2.24) is 10.2 Å². The van der Waals surface area contributed by atoms with E-state index in [1.165, 1.54) is 38.8 Å². The molecule has 2 aliphatic rings. The maximum atomic E-state index is 9.79. The highest BCUT2D eigenvalue weighted by molar-refractivity contribution is 4.85. The monoisotopic (exact) mass is 226 g/mol. The quantitative estimate of drug-likeness (QED) is 0.740. The van der Waals surface area contributed by atoms with Crippen molar-refractivity contribution in [3.63, 3.8) is 0 Å². The number of likely N-dealkylation sites (tertiary alicyclic amines) is 1. The number of piperidine rings is 1. The fraction of sp³-hybridized carbons (Fsp3) is 1.00. The Kier molecular flexibility index (Phi) is 4.22. The Balaban J connectivity index is 1.61. The summed E-state index contributed by atoms with van der Waals surface area (Å²) in [4.78, 5) is 2.54. The van der Waals surface area contributed by atoms with Crippen molar-refractivity contribution in [2.45, 2.75) is 57.7 Å². The zero-order valence-electron chi connectivity index (χ0n) is 10.7. The smallest absolute Gasteiger partial charge is 0.0692 e. The number of nitrogens with one attached hydrogen (secondary N) is 1. The number of aliphatic hydroxyl groups is 1. The topological polar surface area (TPSA) is 35.5 Å². The summed E-state index contributed by atoms with van der Waals surface area (Å²) in [5.74, 6) is 0.600. The summed E-state index contributed by atoms with van der Waals surface area (Å²) in [7, 11) is 0. The van der Waals surface area contributed by atoms with Gasteiger partial charge in [-0.15, -0.1) is 0 Å². The molecule has 1 saturated carbocycles. The first kappa shape index (κ1) is 12.3. The number of hydrogen-bond donors (Lipinski definition) is 2. The number of rotatable bonds is 5. The van der Waals surface area contributed by atoms with E-state index in [0.29, 0.717) is 18.0 Å². The molecular weight excluding hydrogens is 200 g/mol. The fourth-order valence-electron chi connectivity index (χ4n) is 2.56. The van der Waals surface area contributed by atoms with Crippen molar-refractivity contribution in [3.8, 4) is 0 Å². The number of nitrogens with zero attached hydrogens (tertiary/aromatic N) is 1. The maximum Gasteiger partial charge on any atom is 0.0692 e. The molecule has 3 nitrogen and oxygen atoms in total. The van der Waals surface area contributed by atoms with Gasteiger partial charge in [0.05, 0.1) is 6.10 Å². The minimum atomic E-state index is -0.0943. The summed E-state index contributed by atoms with van der Waals surface area (Å²) >= 11 is 0. The van der Waals surface area contributed by atoms with E-state index in [1.807, 2.05) is 0 Å². The molecule has 1 aliphatic heterocycles. The molecule has 2 rings (SSSR count). The molecule has 0 aromatic carbocycles. The number of aliphatic hydroxyl groups excluding tert-OH is 1. The Morgan fingerprint density at radius 1 is 1.19 bits per heavy atom. The highest BCUT2D eigenvalue weighted by atomic mass is 16.3. The van der Waals surface area contributed by atoms with Gasteiger partial charge in [-0.3, -0.25) is 0 Å². The molecule has 0 aromatic heterocycles. The molecule has 2 N–H and O–H groups in total. The molecule has 1 saturated heterocycles. The molecule has 0 bridgehead atoms. The van der Waals surface area contributed by atoms with Gasteiger partial charge in [-0.2, -0.15) is 0 Å². The lowest BCUT2D eigenvalue weighted by molar-refractivity contribution is 0.125. The average molecular weight is 226 g/mol. The van der Waals surface area contributed by atoms with Crippen LogP contribution in [-0.2, 0) is 0 Å². The van der Waals surface area contributed by atoms with E-state index in [9.17, 15) is 5.11 Å². The molecule has 2 fully saturated rings. The molecule has 0 spiro atoms. The summed E-state index contributed by atoms with van der Waals surface area (Å²) in [5, 5.41) is 13.3. The molecular formula is C13H26N2O. The molecule has 16 heavy (non-hydrogen) atoms. The van der Waals surface area contributed by atoms with Crippen molar-refractivity contribution in [2.75, 3.05) is 19.6 Å². The Hall–Kier alpha value is -0.120. The summed E-state index contributed by atoms with van der Waals surface area (Å²) in [6, 6.07) is 1.31. The number of hydrogen-bond acceptors (Lipinski definition) is 3. The summed E-state index contributed by atoms with van der Waals surface area (Å²) < 4.78 is 0. The van der Waals surface area contributed by atoms with Crippen LogP contribution in [0.1, 0.15) is 39.5 Å². The first-order chi connectivity index (χ1) is 7.66. The van der Waals surface area contributed by atoms with Gasteiger partial charge in [-0.25, -0.2) is 0 Å². The van der Waals surface area contributed by atoms with Crippen LogP contribution in [0.15, 0.2) is 0 Å². The minimum Gasteiger partial charge on any atom is -0.392 e. The van der Waals surface area contributed by atoms with Crippen LogP contribution in [0.4, 0.5) is 0 Å². The molecule has 94 valence electrons. The van der Waals surface area contributed by atoms with Gasteiger partial charge in [-0.05, 0) is 58.5 Å². The molecule has 0 aromatic rings. The van der Waals surface area contributed by atoms with E-state index >= 15 is 0 Å². The Morgan fingerprint density at radius 3 is 2.31 bits per heavy atom. The van der Waals surface area contributed by atoms with Crippen LogP contribution in [0.2, 0.25) is 0 Å². The largest absolute Gasteiger partial charge is 0.392 e. The van der Waals surface area contributed by atoms with Gasteiger partial charge in [0.1, 0.15) is 0 Å². The van der Waals surface area contributed by atoms with Crippen LogP contribution in [0.5, 0.6) is 0 Å². The van der Waals surface area contributed by atoms with E-state index in [-0.39, 0.29) is 6.10 Å². The second-order valence-corrected chi connectivity index (χ2v) is 5.72. The summed E-state index contributed by atoms with van der Waals surface area (Å²) in [6.07, 6.45) is 4.83. The minimum absolute atomic E-state index is 0.0943. The Morgan fingerprint density at radius 2 is 1.81 bits per heavy atom. The molecule has 1 unspecified atom stereocenters. The van der Waals surface area contributed by atoms with Gasteiger partial charge >= 0.3 is 0 Å². The van der Waals surface area contributed by atoms with Gasteiger partial charge in [0.2, 0.25) is 0 Å². The zero-order valence-corrected chi connectivity index (χ0v) is 10.7. The van der Waals surface area contributed by atoms with Gasteiger partial charge in [0, 0.05) is 18.6 Å². The van der Waals surface area contributed by atoms with Crippen LogP contribution in [0, 0.1) is 5.92 Å². The van der Waals surface area contributed by atoms with Crippen LogP contribution in [0.3, 0.4) is 0 Å². The van der Waals surface area contributed by atoms with Crippen LogP contribution in [-0.4, -0.2) is 47.8 Å². The molecule has 1 heterocycles. The standard InChI is InChI=1S/C13H26N2O/c1-10(2)15-7-5-12(6-8-15)14-9-13(16)11-3-4-11/h10-14,16H,3-9H2,1-2H3. The van der Waals surface area contributed by atoms with Crippen LogP contribution >= 0.6 is 0 Å². The highest BCUT2D eigenvalue weighted by Gasteiger charge is 2.30. The lowest BCUT2D eigenvalue weighted by atomic mass is 10.0. The second kappa shape index (κ2) is 5.48. The third kappa shape index (κ3) is 3.44. The van der Waals surface area contributed by atoms with Crippen LogP contribution in [0.25, 0.3) is 0 Å². The Bertz CT molecular complexity index is 208. The lowest BCUT2D eigenvalue weighted by Crippen LogP contribution is -2.46. The zero-order chi connectivity index (χ0) is 11.5. The van der Waals surface area contributed by atoms with Gasteiger partial charge in [0.15, 0.2) is 0 Å². The lowest BCUT2D eigenvalue weighted by Gasteiger charge is -2.35. The van der Waals surface area contributed by atoms with Crippen molar-refractivity contribution in [3.05, 3.63) is 0 Å². The van der Waals surface area contributed by atoms with E-state index in [0.717, 1.165) is 6.54 Å². The van der Waals surface area contributed by atoms with E-state index < -0.39 is 0 Å². The van der Waals surface area contributed by atoms with Gasteiger partial charge in [-0.1, -0.05) is 0 Å². The fourth-order valence-corrected chi connectivity index (χ4v) is 2.56. The van der Waals surface area contributed by atoms with Gasteiger partial charge in [0.25, 0.3) is 0 Å². The van der Waals surface area contributed by atoms with Gasteiger partial charge < -0.3 is 15.3 Å². The second-order valence-electron chi connectivity index (χ2n) is 5.72. The molecule has 1 atom stereocenters. The van der Waals surface area contributed by atoms with E-state index in [4.69, 9.17) is 0 Å². The predicted molar refractivity (Wildman–Crippen MR) is 66.5 cm³/mol. The van der Waals surface area contributed by atoms with Crippen molar-refractivity contribution in [1.29, 1.82) is 0 Å². The molecule has 0 amide bonds. The van der Waals surface area contributed by atoms with E-state index in [1.54, 1.807) is 0 Å². The van der Waals surface area contributed by atoms with Crippen molar-refractivity contribution in [2.24, 2.45) is 5.92 Å². The molecule has 3 heteroatoms. The summed E-state index contributed by atoms with van der Waals surface area (Å²) in [6.45, 7) is 7.75.